The lowest BCUT2D eigenvalue weighted by molar-refractivity contribution is -0.156. The van der Waals surface area contributed by atoms with Crippen LogP contribution in [0.2, 0.25) is 0 Å². The van der Waals surface area contributed by atoms with Crippen molar-refractivity contribution < 1.29 is 35.1 Å². The van der Waals surface area contributed by atoms with Crippen LogP contribution in [0.1, 0.15) is 58.2 Å². The molecule has 7 heteroatoms. The molecular weight excluding hydrogens is 376 g/mol. The van der Waals surface area contributed by atoms with Crippen LogP contribution in [-0.2, 0) is 26.8 Å². The number of carboxylic acids is 1. The van der Waals surface area contributed by atoms with Crippen molar-refractivity contribution in [3.8, 4) is 5.75 Å². The van der Waals surface area contributed by atoms with Gasteiger partial charge in [0.15, 0.2) is 6.10 Å². The molecule has 0 aliphatic rings. The van der Waals surface area contributed by atoms with E-state index in [0.717, 1.165) is 11.1 Å². The highest BCUT2D eigenvalue weighted by atomic mass is 16.5. The van der Waals surface area contributed by atoms with Gasteiger partial charge in [-0.1, -0.05) is 53.7 Å². The molecule has 0 aromatic heterocycles. The zero-order chi connectivity index (χ0) is 22.6. The molecule has 0 amide bonds. The highest BCUT2D eigenvalue weighted by Crippen LogP contribution is 2.40. The van der Waals surface area contributed by atoms with Crippen molar-refractivity contribution in [2.75, 3.05) is 26.4 Å². The lowest BCUT2D eigenvalue weighted by Gasteiger charge is -2.30. The number of aromatic hydroxyl groups is 1. The van der Waals surface area contributed by atoms with Gasteiger partial charge in [-0.3, -0.25) is 0 Å². The minimum Gasteiger partial charge on any atom is -0.507 e. The molecule has 0 spiro atoms. The van der Waals surface area contributed by atoms with Crippen molar-refractivity contribution in [3.63, 3.8) is 0 Å². The Bertz CT molecular complexity index is 651. The Balaban J connectivity index is 3.29. The van der Waals surface area contributed by atoms with E-state index < -0.39 is 37.3 Å². The van der Waals surface area contributed by atoms with E-state index >= 15 is 0 Å². The molecule has 0 saturated heterocycles. The first kappa shape index (κ1) is 25.4. The quantitative estimate of drug-likeness (QED) is 0.419. The number of phenols is 1. The van der Waals surface area contributed by atoms with Crippen molar-refractivity contribution in [2.24, 2.45) is 5.41 Å². The van der Waals surface area contributed by atoms with Gasteiger partial charge in [0.05, 0.1) is 31.8 Å². The van der Waals surface area contributed by atoms with Crippen LogP contribution in [0.25, 0.3) is 0 Å². The minimum absolute atomic E-state index is 0.0418. The maximum Gasteiger partial charge on any atom is 0.333 e. The van der Waals surface area contributed by atoms with Crippen LogP contribution in [0.4, 0.5) is 0 Å². The molecule has 0 aliphatic carbocycles. The van der Waals surface area contributed by atoms with Gasteiger partial charge in [-0.05, 0) is 27.5 Å². The second kappa shape index (κ2) is 9.43. The van der Waals surface area contributed by atoms with Crippen LogP contribution in [0.5, 0.6) is 5.75 Å². The Kier molecular flexibility index (Phi) is 8.25. The van der Waals surface area contributed by atoms with Crippen molar-refractivity contribution in [1.29, 1.82) is 0 Å². The van der Waals surface area contributed by atoms with Gasteiger partial charge in [-0.2, -0.15) is 0 Å². The van der Waals surface area contributed by atoms with E-state index in [1.54, 1.807) is 12.1 Å². The number of hydrogen-bond donors (Lipinski definition) is 5. The van der Waals surface area contributed by atoms with Gasteiger partial charge in [0.25, 0.3) is 0 Å². The first-order valence-electron chi connectivity index (χ1n) is 9.74. The summed E-state index contributed by atoms with van der Waals surface area (Å²) in [5, 5.41) is 48.7. The van der Waals surface area contributed by atoms with Gasteiger partial charge in [0.1, 0.15) is 5.75 Å². The molecule has 1 unspecified atom stereocenters. The topological polar surface area (TPSA) is 127 Å². The van der Waals surface area contributed by atoms with Gasteiger partial charge in [0, 0.05) is 6.42 Å². The maximum absolute atomic E-state index is 11.8. The van der Waals surface area contributed by atoms with Crippen molar-refractivity contribution >= 4 is 5.97 Å². The normalized spacial score (nSPS) is 14.1. The summed E-state index contributed by atoms with van der Waals surface area (Å²) in [6.45, 7) is 9.94. The van der Waals surface area contributed by atoms with Crippen molar-refractivity contribution in [2.45, 2.75) is 64.9 Å². The fraction of sp³-hybridized carbons (Fsp3) is 0.682. The monoisotopic (exact) mass is 412 g/mol. The third-order valence-corrected chi connectivity index (χ3v) is 5.08. The second-order valence-corrected chi connectivity index (χ2v) is 9.86. The highest BCUT2D eigenvalue weighted by molar-refractivity contribution is 5.73. The number of phenolic OH excluding ortho intramolecular Hbond substituents is 1. The number of aliphatic hydroxyl groups is 3. The Labute approximate surface area is 173 Å². The van der Waals surface area contributed by atoms with Gasteiger partial charge >= 0.3 is 5.97 Å². The summed E-state index contributed by atoms with van der Waals surface area (Å²) in [7, 11) is 0. The summed E-state index contributed by atoms with van der Waals surface area (Å²) < 4.78 is 5.48. The average molecular weight is 413 g/mol. The molecular formula is C22H36O7. The summed E-state index contributed by atoms with van der Waals surface area (Å²) in [6, 6.07) is 3.59. The molecule has 7 nitrogen and oxygen atoms in total. The number of benzene rings is 1. The molecule has 1 aromatic carbocycles. The SMILES string of the molecule is CC(C)(C)c1cc(CC(OCC(CO)(CO)CO)C(=O)O)cc(C(C)(C)C)c1O. The second-order valence-electron chi connectivity index (χ2n) is 9.86. The molecule has 5 N–H and O–H groups in total. The summed E-state index contributed by atoms with van der Waals surface area (Å²) in [4.78, 5) is 11.8. The molecule has 0 saturated carbocycles. The molecule has 0 fully saturated rings. The molecule has 29 heavy (non-hydrogen) atoms. The highest BCUT2D eigenvalue weighted by Gasteiger charge is 2.32. The van der Waals surface area contributed by atoms with E-state index in [-0.39, 0.29) is 29.6 Å². The number of aliphatic carboxylic acids is 1. The predicted molar refractivity (Wildman–Crippen MR) is 110 cm³/mol. The molecule has 0 aliphatic heterocycles. The maximum atomic E-state index is 11.8. The van der Waals surface area contributed by atoms with E-state index in [1.807, 2.05) is 41.5 Å². The third kappa shape index (κ3) is 6.40. The summed E-state index contributed by atoms with van der Waals surface area (Å²) in [5.41, 5.74) is 0.140. The van der Waals surface area contributed by atoms with Crippen LogP contribution in [0.3, 0.4) is 0 Å². The molecule has 0 heterocycles. The summed E-state index contributed by atoms with van der Waals surface area (Å²) >= 11 is 0. The van der Waals surface area contributed by atoms with Gasteiger partial charge in [-0.15, -0.1) is 0 Å². The standard InChI is InChI=1S/C22H36O7/c1-20(2,3)15-7-14(8-16(18(15)26)21(4,5)6)9-17(19(27)28)29-13-22(10-23,11-24)12-25/h7-8,17,23-26H,9-13H2,1-6H3,(H,27,28). The number of aliphatic hydroxyl groups excluding tert-OH is 3. The molecule has 1 atom stereocenters. The Morgan fingerprint density at radius 3 is 1.66 bits per heavy atom. The Morgan fingerprint density at radius 1 is 0.931 bits per heavy atom. The predicted octanol–water partition coefficient (Wildman–Crippen LogP) is 1.96. The van der Waals surface area contributed by atoms with Crippen LogP contribution >= 0.6 is 0 Å². The first-order valence-corrected chi connectivity index (χ1v) is 9.74. The van der Waals surface area contributed by atoms with E-state index in [4.69, 9.17) is 4.74 Å². The first-order chi connectivity index (χ1) is 13.2. The number of carbonyl (C=O) groups is 1. The fourth-order valence-corrected chi connectivity index (χ4v) is 2.95. The Hall–Kier alpha value is -1.67. The lowest BCUT2D eigenvalue weighted by atomic mass is 9.78. The van der Waals surface area contributed by atoms with E-state index in [9.17, 15) is 30.3 Å². The molecule has 166 valence electrons. The zero-order valence-corrected chi connectivity index (χ0v) is 18.3. The summed E-state index contributed by atoms with van der Waals surface area (Å²) in [6.07, 6.45) is -1.19. The minimum atomic E-state index is -1.31. The van der Waals surface area contributed by atoms with Crippen LogP contribution < -0.4 is 0 Å². The van der Waals surface area contributed by atoms with Crippen LogP contribution in [-0.4, -0.2) is 64.0 Å². The summed E-state index contributed by atoms with van der Waals surface area (Å²) in [5.74, 6) is -0.975. The molecule has 0 bridgehead atoms. The smallest absolute Gasteiger partial charge is 0.333 e. The largest absolute Gasteiger partial charge is 0.507 e. The molecule has 1 rings (SSSR count). The van der Waals surface area contributed by atoms with Gasteiger partial charge in [-0.25, -0.2) is 4.79 Å². The number of ether oxygens (including phenoxy) is 1. The lowest BCUT2D eigenvalue weighted by Crippen LogP contribution is -2.41. The molecule has 1 aromatic rings. The third-order valence-electron chi connectivity index (χ3n) is 5.08. The van der Waals surface area contributed by atoms with Crippen molar-refractivity contribution in [1.82, 2.24) is 0 Å². The van der Waals surface area contributed by atoms with Crippen LogP contribution in [0, 0.1) is 5.41 Å². The van der Waals surface area contributed by atoms with Crippen LogP contribution in [0.15, 0.2) is 12.1 Å². The van der Waals surface area contributed by atoms with Crippen molar-refractivity contribution in [3.05, 3.63) is 28.8 Å². The number of carboxylic acid groups (broad SMARTS) is 1. The number of rotatable bonds is 9. The Morgan fingerprint density at radius 2 is 1.34 bits per heavy atom. The zero-order valence-electron chi connectivity index (χ0n) is 18.3. The van der Waals surface area contributed by atoms with E-state index in [0.29, 0.717) is 5.56 Å². The van der Waals surface area contributed by atoms with E-state index in [1.165, 1.54) is 0 Å². The molecule has 0 radical (unpaired) electrons. The van der Waals surface area contributed by atoms with E-state index in [2.05, 4.69) is 0 Å². The van der Waals surface area contributed by atoms with Gasteiger partial charge in [0.2, 0.25) is 0 Å². The van der Waals surface area contributed by atoms with Gasteiger partial charge < -0.3 is 30.3 Å². The number of hydrogen-bond acceptors (Lipinski definition) is 6. The fourth-order valence-electron chi connectivity index (χ4n) is 2.95. The average Bonchev–Trinajstić information content (AvgIpc) is 2.61.